The van der Waals surface area contributed by atoms with Crippen molar-refractivity contribution < 1.29 is 9.84 Å². The summed E-state index contributed by atoms with van der Waals surface area (Å²) in [5, 5.41) is 13.2. The standard InChI is InChI=1S/C16H26BrNO2/c1-11(2)18-10-13-9-14(17)8-12(3)15(13)20-7-6-16(4,5)19/h8-9,11,18-19H,6-7,10H2,1-5H3. The van der Waals surface area contributed by atoms with E-state index < -0.39 is 5.60 Å². The van der Waals surface area contributed by atoms with Crippen LogP contribution < -0.4 is 10.1 Å². The van der Waals surface area contributed by atoms with E-state index in [1.807, 2.05) is 6.92 Å². The lowest BCUT2D eigenvalue weighted by Gasteiger charge is -2.20. The summed E-state index contributed by atoms with van der Waals surface area (Å²) in [7, 11) is 0. The van der Waals surface area contributed by atoms with E-state index in [4.69, 9.17) is 4.74 Å². The lowest BCUT2D eigenvalue weighted by atomic mass is 10.1. The van der Waals surface area contributed by atoms with Crippen LogP contribution in [0.2, 0.25) is 0 Å². The fourth-order valence-corrected chi connectivity index (χ4v) is 2.47. The van der Waals surface area contributed by atoms with E-state index in [1.54, 1.807) is 13.8 Å². The molecule has 0 heterocycles. The fraction of sp³-hybridized carbons (Fsp3) is 0.625. The van der Waals surface area contributed by atoms with Gasteiger partial charge < -0.3 is 15.2 Å². The molecule has 1 aromatic rings. The highest BCUT2D eigenvalue weighted by Gasteiger charge is 2.14. The molecule has 3 nitrogen and oxygen atoms in total. The summed E-state index contributed by atoms with van der Waals surface area (Å²) in [6, 6.07) is 4.57. The van der Waals surface area contributed by atoms with Gasteiger partial charge in [0.2, 0.25) is 0 Å². The van der Waals surface area contributed by atoms with E-state index in [2.05, 4.69) is 47.2 Å². The first-order valence-electron chi connectivity index (χ1n) is 7.06. The molecule has 0 aliphatic heterocycles. The molecule has 0 unspecified atom stereocenters. The second kappa shape index (κ2) is 7.43. The van der Waals surface area contributed by atoms with Crippen molar-refractivity contribution in [3.05, 3.63) is 27.7 Å². The molecule has 0 amide bonds. The molecule has 0 spiro atoms. The molecule has 1 aromatic carbocycles. The molecule has 2 N–H and O–H groups in total. The minimum Gasteiger partial charge on any atom is -0.493 e. The van der Waals surface area contributed by atoms with Gasteiger partial charge in [0.1, 0.15) is 5.75 Å². The number of ether oxygens (including phenoxy) is 1. The zero-order chi connectivity index (χ0) is 15.3. The number of hydrogen-bond acceptors (Lipinski definition) is 3. The van der Waals surface area contributed by atoms with Crippen LogP contribution in [-0.4, -0.2) is 23.4 Å². The lowest BCUT2D eigenvalue weighted by Crippen LogP contribution is -2.24. The highest BCUT2D eigenvalue weighted by molar-refractivity contribution is 9.10. The Balaban J connectivity index is 2.81. The molecular weight excluding hydrogens is 318 g/mol. The molecule has 0 radical (unpaired) electrons. The smallest absolute Gasteiger partial charge is 0.126 e. The van der Waals surface area contributed by atoms with Crippen molar-refractivity contribution in [3.63, 3.8) is 0 Å². The first-order chi connectivity index (χ1) is 9.19. The monoisotopic (exact) mass is 343 g/mol. The summed E-state index contributed by atoms with van der Waals surface area (Å²) >= 11 is 3.53. The van der Waals surface area contributed by atoms with Crippen molar-refractivity contribution in [1.82, 2.24) is 5.32 Å². The van der Waals surface area contributed by atoms with Crippen LogP contribution >= 0.6 is 15.9 Å². The maximum Gasteiger partial charge on any atom is 0.126 e. The molecule has 0 atom stereocenters. The number of halogens is 1. The van der Waals surface area contributed by atoms with Crippen LogP contribution in [0.4, 0.5) is 0 Å². The van der Waals surface area contributed by atoms with Crippen molar-refractivity contribution in [2.24, 2.45) is 0 Å². The Morgan fingerprint density at radius 3 is 2.55 bits per heavy atom. The third kappa shape index (κ3) is 6.25. The molecule has 20 heavy (non-hydrogen) atoms. The number of aliphatic hydroxyl groups is 1. The molecule has 0 fully saturated rings. The van der Waals surface area contributed by atoms with Gasteiger partial charge in [0.05, 0.1) is 12.2 Å². The van der Waals surface area contributed by atoms with Crippen molar-refractivity contribution in [3.8, 4) is 5.75 Å². The minimum absolute atomic E-state index is 0.429. The summed E-state index contributed by atoms with van der Waals surface area (Å²) in [5.74, 6) is 0.922. The Bertz CT molecular complexity index is 439. The van der Waals surface area contributed by atoms with Crippen LogP contribution in [0, 0.1) is 6.92 Å². The van der Waals surface area contributed by atoms with Crippen molar-refractivity contribution in [2.75, 3.05) is 6.61 Å². The van der Waals surface area contributed by atoms with Crippen LogP contribution in [0.25, 0.3) is 0 Å². The van der Waals surface area contributed by atoms with Gasteiger partial charge in [-0.1, -0.05) is 29.8 Å². The van der Waals surface area contributed by atoms with Crippen LogP contribution in [0.5, 0.6) is 5.75 Å². The van der Waals surface area contributed by atoms with E-state index in [9.17, 15) is 5.11 Å². The number of rotatable bonds is 7. The Morgan fingerprint density at radius 2 is 2.00 bits per heavy atom. The molecule has 0 bridgehead atoms. The zero-order valence-corrected chi connectivity index (χ0v) is 14.7. The van der Waals surface area contributed by atoms with Gasteiger partial charge in [0.25, 0.3) is 0 Å². The first kappa shape index (κ1) is 17.5. The predicted molar refractivity (Wildman–Crippen MR) is 87.3 cm³/mol. The summed E-state index contributed by atoms with van der Waals surface area (Å²) in [6.45, 7) is 11.2. The normalized spacial score (nSPS) is 12.0. The molecule has 0 aromatic heterocycles. The third-order valence-corrected chi connectivity index (χ3v) is 3.44. The van der Waals surface area contributed by atoms with Gasteiger partial charge >= 0.3 is 0 Å². The number of hydrogen-bond donors (Lipinski definition) is 2. The second-order valence-electron chi connectivity index (χ2n) is 6.16. The summed E-state index contributed by atoms with van der Waals surface area (Å²) in [5.41, 5.74) is 1.55. The largest absolute Gasteiger partial charge is 0.493 e. The highest BCUT2D eigenvalue weighted by atomic mass is 79.9. The van der Waals surface area contributed by atoms with E-state index in [-0.39, 0.29) is 0 Å². The first-order valence-corrected chi connectivity index (χ1v) is 7.86. The average Bonchev–Trinajstić information content (AvgIpc) is 2.27. The van der Waals surface area contributed by atoms with Gasteiger partial charge in [0, 0.05) is 29.0 Å². The topological polar surface area (TPSA) is 41.5 Å². The maximum atomic E-state index is 9.75. The molecule has 0 saturated heterocycles. The van der Waals surface area contributed by atoms with Crippen LogP contribution in [-0.2, 0) is 6.54 Å². The molecule has 114 valence electrons. The van der Waals surface area contributed by atoms with Gasteiger partial charge in [-0.05, 0) is 38.5 Å². The number of benzene rings is 1. The molecule has 0 aliphatic carbocycles. The minimum atomic E-state index is -0.695. The van der Waals surface area contributed by atoms with Crippen molar-refractivity contribution >= 4 is 15.9 Å². The molecule has 0 saturated carbocycles. The van der Waals surface area contributed by atoms with Gasteiger partial charge in [0.15, 0.2) is 0 Å². The van der Waals surface area contributed by atoms with Crippen LogP contribution in [0.15, 0.2) is 16.6 Å². The SMILES string of the molecule is Cc1cc(Br)cc(CNC(C)C)c1OCCC(C)(C)O. The highest BCUT2D eigenvalue weighted by Crippen LogP contribution is 2.28. The van der Waals surface area contributed by atoms with Crippen LogP contribution in [0.3, 0.4) is 0 Å². The maximum absolute atomic E-state index is 9.75. The van der Waals surface area contributed by atoms with Gasteiger partial charge in [-0.3, -0.25) is 0 Å². The molecule has 4 heteroatoms. The average molecular weight is 344 g/mol. The summed E-state index contributed by atoms with van der Waals surface area (Å²) in [6.07, 6.45) is 0.611. The molecular formula is C16H26BrNO2. The van der Waals surface area contributed by atoms with E-state index >= 15 is 0 Å². The summed E-state index contributed by atoms with van der Waals surface area (Å²) < 4.78 is 6.97. The second-order valence-corrected chi connectivity index (χ2v) is 7.07. The van der Waals surface area contributed by atoms with Crippen molar-refractivity contribution in [1.29, 1.82) is 0 Å². The Labute approximate surface area is 130 Å². The lowest BCUT2D eigenvalue weighted by molar-refractivity contribution is 0.0550. The van der Waals surface area contributed by atoms with Crippen LogP contribution in [0.1, 0.15) is 45.2 Å². The van der Waals surface area contributed by atoms with Gasteiger partial charge in [-0.15, -0.1) is 0 Å². The van der Waals surface area contributed by atoms with Crippen molar-refractivity contribution in [2.45, 2.75) is 59.2 Å². The number of aryl methyl sites for hydroxylation is 1. The Kier molecular flexibility index (Phi) is 6.49. The predicted octanol–water partition coefficient (Wildman–Crippen LogP) is 3.80. The Morgan fingerprint density at radius 1 is 1.35 bits per heavy atom. The van der Waals surface area contributed by atoms with Gasteiger partial charge in [-0.2, -0.15) is 0 Å². The number of nitrogens with one attached hydrogen (secondary N) is 1. The molecule has 0 aliphatic rings. The molecule has 1 rings (SSSR count). The Hall–Kier alpha value is -0.580. The zero-order valence-electron chi connectivity index (χ0n) is 13.1. The third-order valence-electron chi connectivity index (χ3n) is 2.98. The fourth-order valence-electron chi connectivity index (χ4n) is 1.85. The summed E-state index contributed by atoms with van der Waals surface area (Å²) in [4.78, 5) is 0. The van der Waals surface area contributed by atoms with Gasteiger partial charge in [-0.25, -0.2) is 0 Å². The quantitative estimate of drug-likeness (QED) is 0.791. The van der Waals surface area contributed by atoms with E-state index in [0.717, 1.165) is 27.9 Å². The van der Waals surface area contributed by atoms with E-state index in [1.165, 1.54) is 0 Å². The van der Waals surface area contributed by atoms with E-state index in [0.29, 0.717) is 19.1 Å².